The summed E-state index contributed by atoms with van der Waals surface area (Å²) >= 11 is 0. The lowest BCUT2D eigenvalue weighted by Crippen LogP contribution is -2.40. The number of hydrogen-bond donors (Lipinski definition) is 1. The van der Waals surface area contributed by atoms with E-state index >= 15 is 0 Å². The molecule has 0 aliphatic heterocycles. The first kappa shape index (κ1) is 24.3. The molecule has 0 aliphatic carbocycles. The van der Waals surface area contributed by atoms with E-state index in [4.69, 9.17) is 4.74 Å². The summed E-state index contributed by atoms with van der Waals surface area (Å²) in [5.41, 5.74) is -0.123. The molecule has 0 amide bonds. The van der Waals surface area contributed by atoms with E-state index in [9.17, 15) is 13.9 Å². The van der Waals surface area contributed by atoms with E-state index in [1.54, 1.807) is 6.92 Å². The molecule has 0 saturated carbocycles. The van der Waals surface area contributed by atoms with Crippen LogP contribution in [0.25, 0.3) is 11.4 Å². The first-order valence-electron chi connectivity index (χ1n) is 11.6. The van der Waals surface area contributed by atoms with Gasteiger partial charge in [-0.05, 0) is 42.8 Å². The first-order valence-corrected chi connectivity index (χ1v) is 11.6. The molecule has 2 unspecified atom stereocenters. The van der Waals surface area contributed by atoms with Crippen molar-refractivity contribution in [3.05, 3.63) is 115 Å². The van der Waals surface area contributed by atoms with Gasteiger partial charge in [0.15, 0.2) is 5.82 Å². The summed E-state index contributed by atoms with van der Waals surface area (Å²) in [6.07, 6.45) is 4.19. The van der Waals surface area contributed by atoms with Crippen LogP contribution in [0.15, 0.2) is 91.8 Å². The smallest absolute Gasteiger partial charge is 0.181 e. The SMILES string of the molecule is CC(n1cnc(-c2ccc(OCc3ccccc3)cc2)n1)C(O)(Cn1cncn1)c1ccc(F)cc1F. The zero-order chi connectivity index (χ0) is 25.8. The quantitative estimate of drug-likeness (QED) is 0.318. The fourth-order valence-corrected chi connectivity index (χ4v) is 4.10. The summed E-state index contributed by atoms with van der Waals surface area (Å²) in [5, 5.41) is 20.3. The van der Waals surface area contributed by atoms with Gasteiger partial charge in [-0.3, -0.25) is 0 Å². The Morgan fingerprint density at radius 1 is 1.00 bits per heavy atom. The third-order valence-corrected chi connectivity index (χ3v) is 6.22. The highest BCUT2D eigenvalue weighted by Gasteiger charge is 2.41. The van der Waals surface area contributed by atoms with Gasteiger partial charge in [-0.1, -0.05) is 36.4 Å². The molecule has 0 radical (unpaired) electrons. The van der Waals surface area contributed by atoms with Crippen LogP contribution in [-0.2, 0) is 18.8 Å². The van der Waals surface area contributed by atoms with Gasteiger partial charge in [-0.2, -0.15) is 10.2 Å². The van der Waals surface area contributed by atoms with Gasteiger partial charge in [0.25, 0.3) is 0 Å². The van der Waals surface area contributed by atoms with Crippen LogP contribution in [0.3, 0.4) is 0 Å². The number of halogens is 2. The van der Waals surface area contributed by atoms with Crippen molar-refractivity contribution in [2.45, 2.75) is 31.7 Å². The van der Waals surface area contributed by atoms with Crippen LogP contribution >= 0.6 is 0 Å². The molecule has 5 aromatic rings. The van der Waals surface area contributed by atoms with Crippen LogP contribution < -0.4 is 4.74 Å². The van der Waals surface area contributed by atoms with Gasteiger partial charge >= 0.3 is 0 Å². The van der Waals surface area contributed by atoms with Crippen LogP contribution in [0, 0.1) is 11.6 Å². The topological polar surface area (TPSA) is 90.9 Å². The molecule has 0 bridgehead atoms. The zero-order valence-electron chi connectivity index (χ0n) is 19.9. The summed E-state index contributed by atoms with van der Waals surface area (Å²) < 4.78 is 37.1. The molecule has 0 spiro atoms. The number of nitrogens with zero attached hydrogens (tertiary/aromatic N) is 6. The maximum atomic E-state index is 14.8. The fourth-order valence-electron chi connectivity index (χ4n) is 4.10. The van der Waals surface area contributed by atoms with Crippen molar-refractivity contribution < 1.29 is 18.6 Å². The molecular formula is C27H24F2N6O2. The number of ether oxygens (including phenoxy) is 1. The highest BCUT2D eigenvalue weighted by atomic mass is 19.1. The Hall–Kier alpha value is -4.44. The van der Waals surface area contributed by atoms with E-state index < -0.39 is 23.3 Å². The van der Waals surface area contributed by atoms with Gasteiger partial charge in [-0.15, -0.1) is 0 Å². The monoisotopic (exact) mass is 502 g/mol. The van der Waals surface area contributed by atoms with E-state index in [2.05, 4.69) is 20.2 Å². The highest BCUT2D eigenvalue weighted by molar-refractivity contribution is 5.55. The summed E-state index contributed by atoms with van der Waals surface area (Å²) in [4.78, 5) is 8.27. The summed E-state index contributed by atoms with van der Waals surface area (Å²) in [5.74, 6) is -0.490. The summed E-state index contributed by atoms with van der Waals surface area (Å²) in [7, 11) is 0. The molecular weight excluding hydrogens is 478 g/mol. The molecule has 3 aromatic carbocycles. The molecule has 1 N–H and O–H groups in total. The minimum Gasteiger partial charge on any atom is -0.489 e. The fraction of sp³-hybridized carbons (Fsp3) is 0.185. The van der Waals surface area contributed by atoms with Crippen molar-refractivity contribution in [1.82, 2.24) is 29.5 Å². The number of hydrogen-bond acceptors (Lipinski definition) is 6. The van der Waals surface area contributed by atoms with Crippen LogP contribution in [0.4, 0.5) is 8.78 Å². The normalized spacial score (nSPS) is 13.7. The van der Waals surface area contributed by atoms with Crippen molar-refractivity contribution in [3.63, 3.8) is 0 Å². The number of benzene rings is 3. The van der Waals surface area contributed by atoms with E-state index in [1.165, 1.54) is 34.4 Å². The van der Waals surface area contributed by atoms with Gasteiger partial charge in [0, 0.05) is 17.2 Å². The molecule has 188 valence electrons. The third-order valence-electron chi connectivity index (χ3n) is 6.22. The second-order valence-corrected chi connectivity index (χ2v) is 8.66. The van der Waals surface area contributed by atoms with Crippen molar-refractivity contribution in [2.24, 2.45) is 0 Å². The molecule has 10 heteroatoms. The average Bonchev–Trinajstić information content (AvgIpc) is 3.60. The predicted octanol–water partition coefficient (Wildman–Crippen LogP) is 4.54. The molecule has 5 rings (SSSR count). The molecule has 0 saturated heterocycles. The van der Waals surface area contributed by atoms with Gasteiger partial charge in [0.1, 0.15) is 48.6 Å². The van der Waals surface area contributed by atoms with Gasteiger partial charge in [0.05, 0.1) is 12.6 Å². The lowest BCUT2D eigenvalue weighted by Gasteiger charge is -2.34. The van der Waals surface area contributed by atoms with Crippen molar-refractivity contribution in [2.75, 3.05) is 0 Å². The molecule has 0 aliphatic rings. The van der Waals surface area contributed by atoms with Gasteiger partial charge in [0.2, 0.25) is 0 Å². The van der Waals surface area contributed by atoms with E-state index in [0.29, 0.717) is 18.2 Å². The highest BCUT2D eigenvalue weighted by Crippen LogP contribution is 2.36. The van der Waals surface area contributed by atoms with Crippen LogP contribution in [0.2, 0.25) is 0 Å². The second kappa shape index (κ2) is 10.3. The Balaban J connectivity index is 1.38. The number of aliphatic hydroxyl groups is 1. The molecule has 2 aromatic heterocycles. The van der Waals surface area contributed by atoms with E-state index in [-0.39, 0.29) is 12.1 Å². The Morgan fingerprint density at radius 3 is 2.49 bits per heavy atom. The summed E-state index contributed by atoms with van der Waals surface area (Å²) in [6, 6.07) is 19.5. The first-order chi connectivity index (χ1) is 17.9. The maximum absolute atomic E-state index is 14.8. The van der Waals surface area contributed by atoms with E-state index in [0.717, 1.165) is 23.3 Å². The van der Waals surface area contributed by atoms with Crippen LogP contribution in [0.5, 0.6) is 5.75 Å². The number of aromatic nitrogens is 6. The van der Waals surface area contributed by atoms with Crippen LogP contribution in [0.1, 0.15) is 24.1 Å². The average molecular weight is 503 g/mol. The standard InChI is InChI=1S/C27H24F2N6O2/c1-19(27(36,15-34-17-30-16-32-34)24-12-9-22(28)13-25(24)29)35-18-31-26(33-35)21-7-10-23(11-8-21)37-14-20-5-3-2-4-6-20/h2-13,16-19,36H,14-15H2,1H3. The molecule has 2 atom stereocenters. The third kappa shape index (κ3) is 5.24. The molecule has 2 heterocycles. The van der Waals surface area contributed by atoms with Crippen molar-refractivity contribution in [3.8, 4) is 17.1 Å². The minimum atomic E-state index is -1.84. The molecule has 37 heavy (non-hydrogen) atoms. The minimum absolute atomic E-state index is 0.0890. The largest absolute Gasteiger partial charge is 0.489 e. The van der Waals surface area contributed by atoms with Crippen molar-refractivity contribution >= 4 is 0 Å². The van der Waals surface area contributed by atoms with Crippen LogP contribution in [-0.4, -0.2) is 34.6 Å². The predicted molar refractivity (Wildman–Crippen MR) is 131 cm³/mol. The Labute approximate surface area is 211 Å². The second-order valence-electron chi connectivity index (χ2n) is 8.66. The maximum Gasteiger partial charge on any atom is 0.181 e. The van der Waals surface area contributed by atoms with Crippen molar-refractivity contribution in [1.29, 1.82) is 0 Å². The molecule has 8 nitrogen and oxygen atoms in total. The lowest BCUT2D eigenvalue weighted by atomic mass is 9.86. The van der Waals surface area contributed by atoms with Gasteiger partial charge < -0.3 is 9.84 Å². The number of rotatable bonds is 9. The lowest BCUT2D eigenvalue weighted by molar-refractivity contribution is -0.0369. The zero-order valence-corrected chi connectivity index (χ0v) is 19.9. The molecule has 0 fully saturated rings. The summed E-state index contributed by atoms with van der Waals surface area (Å²) in [6.45, 7) is 1.99. The Kier molecular flexibility index (Phi) is 6.74. The van der Waals surface area contributed by atoms with Gasteiger partial charge in [-0.25, -0.2) is 28.1 Å². The van der Waals surface area contributed by atoms with E-state index in [1.807, 2.05) is 54.6 Å². The Morgan fingerprint density at radius 2 is 1.78 bits per heavy atom. The Bertz CT molecular complexity index is 1460.